The van der Waals surface area contributed by atoms with E-state index < -0.39 is 0 Å². The Kier molecular flexibility index (Phi) is 6.92. The molecule has 1 aromatic carbocycles. The molecule has 1 aromatic rings. The second-order valence-corrected chi connectivity index (χ2v) is 6.36. The zero-order chi connectivity index (χ0) is 14.3. The number of ether oxygens (including phenoxy) is 1. The van der Waals surface area contributed by atoms with Crippen LogP contribution in [0.5, 0.6) is 5.75 Å². The molecule has 19 heavy (non-hydrogen) atoms. The zero-order valence-electron chi connectivity index (χ0n) is 11.9. The first kappa shape index (κ1) is 16.0. The largest absolute Gasteiger partial charge is 0.493 e. The van der Waals surface area contributed by atoms with Gasteiger partial charge in [-0.25, -0.2) is 0 Å². The minimum absolute atomic E-state index is 0.126. The van der Waals surface area contributed by atoms with E-state index in [4.69, 9.17) is 4.74 Å². The number of carbonyl (C=O) groups excluding carboxylic acids is 1. The van der Waals surface area contributed by atoms with Crippen molar-refractivity contribution in [3.8, 4) is 5.75 Å². The predicted octanol–water partition coefficient (Wildman–Crippen LogP) is 3.40. The molecule has 0 saturated carbocycles. The van der Waals surface area contributed by atoms with Crippen LogP contribution in [-0.2, 0) is 4.79 Å². The fraction of sp³-hybridized carbons (Fsp3) is 0.533. The Morgan fingerprint density at radius 3 is 2.84 bits per heavy atom. The van der Waals surface area contributed by atoms with E-state index in [0.29, 0.717) is 17.9 Å². The van der Waals surface area contributed by atoms with Crippen molar-refractivity contribution in [1.82, 2.24) is 4.90 Å². The molecule has 0 aliphatic carbocycles. The van der Waals surface area contributed by atoms with Gasteiger partial charge in [0.2, 0.25) is 5.91 Å². The van der Waals surface area contributed by atoms with Gasteiger partial charge in [-0.05, 0) is 31.0 Å². The summed E-state index contributed by atoms with van der Waals surface area (Å²) >= 11 is 3.48. The number of hydrogen-bond acceptors (Lipinski definition) is 2. The van der Waals surface area contributed by atoms with E-state index in [9.17, 15) is 4.79 Å². The highest BCUT2D eigenvalue weighted by atomic mass is 79.9. The average molecular weight is 328 g/mol. The van der Waals surface area contributed by atoms with Gasteiger partial charge in [0.1, 0.15) is 5.75 Å². The minimum atomic E-state index is 0.126. The van der Waals surface area contributed by atoms with Crippen LogP contribution in [0.3, 0.4) is 0 Å². The number of nitrogens with zero attached hydrogens (tertiary/aromatic N) is 1. The molecule has 4 heteroatoms. The highest BCUT2D eigenvalue weighted by Crippen LogP contribution is 2.12. The Morgan fingerprint density at radius 2 is 2.21 bits per heavy atom. The summed E-state index contributed by atoms with van der Waals surface area (Å²) < 4.78 is 5.58. The van der Waals surface area contributed by atoms with Crippen LogP contribution in [0.25, 0.3) is 0 Å². The third-order valence-electron chi connectivity index (χ3n) is 2.86. The van der Waals surface area contributed by atoms with Crippen LogP contribution in [0.1, 0.15) is 25.3 Å². The molecule has 1 unspecified atom stereocenters. The zero-order valence-corrected chi connectivity index (χ0v) is 13.4. The molecular weight excluding hydrogens is 306 g/mol. The van der Waals surface area contributed by atoms with Gasteiger partial charge in [0.25, 0.3) is 0 Å². The van der Waals surface area contributed by atoms with Gasteiger partial charge in [-0.15, -0.1) is 0 Å². The van der Waals surface area contributed by atoms with E-state index >= 15 is 0 Å². The average Bonchev–Trinajstić information content (AvgIpc) is 2.35. The number of carbonyl (C=O) groups is 1. The second-order valence-electron chi connectivity index (χ2n) is 4.80. The number of alkyl halides is 1. The first-order valence-electron chi connectivity index (χ1n) is 6.56. The molecule has 0 aromatic heterocycles. The summed E-state index contributed by atoms with van der Waals surface area (Å²) in [7, 11) is 1.84. The van der Waals surface area contributed by atoms with Gasteiger partial charge in [-0.1, -0.05) is 35.0 Å². The van der Waals surface area contributed by atoms with Crippen LogP contribution < -0.4 is 4.74 Å². The monoisotopic (exact) mass is 327 g/mol. The van der Waals surface area contributed by atoms with Crippen molar-refractivity contribution in [3.63, 3.8) is 0 Å². The van der Waals surface area contributed by atoms with Crippen molar-refractivity contribution in [2.45, 2.75) is 31.5 Å². The van der Waals surface area contributed by atoms with Crippen molar-refractivity contribution >= 4 is 21.8 Å². The molecule has 0 spiro atoms. The van der Waals surface area contributed by atoms with Gasteiger partial charge < -0.3 is 9.64 Å². The summed E-state index contributed by atoms with van der Waals surface area (Å²) in [6.45, 7) is 5.30. The summed E-state index contributed by atoms with van der Waals surface area (Å²) in [5.74, 6) is 0.949. The quantitative estimate of drug-likeness (QED) is 0.718. The molecule has 0 N–H and O–H groups in total. The van der Waals surface area contributed by atoms with Gasteiger partial charge in [-0.3, -0.25) is 4.79 Å². The normalized spacial score (nSPS) is 12.0. The number of halogens is 1. The Bertz CT molecular complexity index is 407. The summed E-state index contributed by atoms with van der Waals surface area (Å²) in [5.41, 5.74) is 1.16. The van der Waals surface area contributed by atoms with Gasteiger partial charge in [0.15, 0.2) is 0 Å². The van der Waals surface area contributed by atoms with Crippen LogP contribution in [0.15, 0.2) is 24.3 Å². The van der Waals surface area contributed by atoms with Gasteiger partial charge in [-0.2, -0.15) is 0 Å². The number of amides is 1. The lowest BCUT2D eigenvalue weighted by molar-refractivity contribution is -0.130. The van der Waals surface area contributed by atoms with Crippen molar-refractivity contribution in [2.24, 2.45) is 0 Å². The minimum Gasteiger partial charge on any atom is -0.493 e. The summed E-state index contributed by atoms with van der Waals surface area (Å²) in [4.78, 5) is 14.0. The molecular formula is C15H22BrNO2. The van der Waals surface area contributed by atoms with Crippen molar-refractivity contribution in [3.05, 3.63) is 29.8 Å². The highest BCUT2D eigenvalue weighted by Gasteiger charge is 2.09. The third kappa shape index (κ3) is 6.62. The van der Waals surface area contributed by atoms with E-state index in [0.717, 1.165) is 24.3 Å². The molecule has 0 saturated heterocycles. The Labute approximate surface area is 124 Å². The predicted molar refractivity (Wildman–Crippen MR) is 81.9 cm³/mol. The molecule has 0 bridgehead atoms. The standard InChI is InChI=1S/C15H22BrNO2/c1-12-5-4-6-14(11-12)19-10-8-15(18)17(3)9-7-13(2)16/h4-6,11,13H,7-10H2,1-3H3. The molecule has 0 heterocycles. The third-order valence-corrected chi connectivity index (χ3v) is 3.32. The van der Waals surface area contributed by atoms with Crippen LogP contribution in [0.2, 0.25) is 0 Å². The lowest BCUT2D eigenvalue weighted by Crippen LogP contribution is -2.29. The van der Waals surface area contributed by atoms with E-state index in [-0.39, 0.29) is 5.91 Å². The lowest BCUT2D eigenvalue weighted by Gasteiger charge is -2.18. The number of hydrogen-bond donors (Lipinski definition) is 0. The van der Waals surface area contributed by atoms with E-state index in [1.807, 2.05) is 38.2 Å². The molecule has 106 valence electrons. The maximum atomic E-state index is 11.8. The van der Waals surface area contributed by atoms with Crippen LogP contribution in [-0.4, -0.2) is 35.8 Å². The fourth-order valence-electron chi connectivity index (χ4n) is 1.65. The Hall–Kier alpha value is -1.03. The smallest absolute Gasteiger partial charge is 0.225 e. The van der Waals surface area contributed by atoms with Crippen molar-refractivity contribution in [2.75, 3.05) is 20.2 Å². The number of benzene rings is 1. The maximum absolute atomic E-state index is 11.8. The lowest BCUT2D eigenvalue weighted by atomic mass is 10.2. The summed E-state index contributed by atoms with van der Waals surface area (Å²) in [6.07, 6.45) is 1.38. The van der Waals surface area contributed by atoms with E-state index in [1.54, 1.807) is 4.90 Å². The summed E-state index contributed by atoms with van der Waals surface area (Å²) in [6, 6.07) is 7.86. The first-order valence-corrected chi connectivity index (χ1v) is 7.48. The second kappa shape index (κ2) is 8.20. The SMILES string of the molecule is Cc1cccc(OCCC(=O)N(C)CCC(C)Br)c1. The Balaban J connectivity index is 2.26. The Morgan fingerprint density at radius 1 is 1.47 bits per heavy atom. The molecule has 0 aliphatic heterocycles. The molecule has 0 radical (unpaired) electrons. The van der Waals surface area contributed by atoms with E-state index in [1.165, 1.54) is 0 Å². The number of rotatable bonds is 7. The molecule has 3 nitrogen and oxygen atoms in total. The maximum Gasteiger partial charge on any atom is 0.225 e. The van der Waals surface area contributed by atoms with Crippen LogP contribution in [0, 0.1) is 6.92 Å². The molecule has 1 rings (SSSR count). The molecule has 1 amide bonds. The van der Waals surface area contributed by atoms with Crippen LogP contribution in [0.4, 0.5) is 0 Å². The molecule has 0 fully saturated rings. The molecule has 1 atom stereocenters. The van der Waals surface area contributed by atoms with Gasteiger partial charge in [0, 0.05) is 18.4 Å². The number of aryl methyl sites for hydroxylation is 1. The van der Waals surface area contributed by atoms with E-state index in [2.05, 4.69) is 22.9 Å². The van der Waals surface area contributed by atoms with Crippen molar-refractivity contribution < 1.29 is 9.53 Å². The fourth-order valence-corrected chi connectivity index (χ4v) is 1.85. The summed E-state index contributed by atoms with van der Waals surface area (Å²) in [5, 5.41) is 0. The molecule has 0 aliphatic rings. The topological polar surface area (TPSA) is 29.5 Å². The van der Waals surface area contributed by atoms with Gasteiger partial charge >= 0.3 is 0 Å². The van der Waals surface area contributed by atoms with Crippen LogP contribution >= 0.6 is 15.9 Å². The highest BCUT2D eigenvalue weighted by molar-refractivity contribution is 9.09. The van der Waals surface area contributed by atoms with Gasteiger partial charge in [0.05, 0.1) is 13.0 Å². The first-order chi connectivity index (χ1) is 8.99. The van der Waals surface area contributed by atoms with Crippen molar-refractivity contribution in [1.29, 1.82) is 0 Å².